The lowest BCUT2D eigenvalue weighted by atomic mass is 10.2. The number of hydrogen-bond acceptors (Lipinski definition) is 10. The third kappa shape index (κ3) is 11.8. The Hall–Kier alpha value is -3.71. The molecule has 0 saturated carbocycles. The summed E-state index contributed by atoms with van der Waals surface area (Å²) in [7, 11) is 1.91. The maximum absolute atomic E-state index is 13.7. The molecular weight excluding hydrogens is 583 g/mol. The van der Waals surface area contributed by atoms with Gasteiger partial charge in [-0.25, -0.2) is 4.98 Å². The Labute approximate surface area is 254 Å². The van der Waals surface area contributed by atoms with Crippen LogP contribution in [0.4, 0.5) is 36.3 Å². The number of benzene rings is 2. The highest BCUT2D eigenvalue weighted by Gasteiger charge is 2.35. The second-order valence-corrected chi connectivity index (χ2v) is 11.4. The molecule has 0 amide bonds. The van der Waals surface area contributed by atoms with Gasteiger partial charge in [-0.2, -0.15) is 18.2 Å². The van der Waals surface area contributed by atoms with Gasteiger partial charge in [0.15, 0.2) is 0 Å². The molecule has 13 heteroatoms. The van der Waals surface area contributed by atoms with E-state index in [4.69, 9.17) is 14.2 Å². The molecule has 2 N–H and O–H groups in total. The van der Waals surface area contributed by atoms with Gasteiger partial charge in [-0.1, -0.05) is 24.1 Å². The monoisotopic (exact) mass is 621 g/mol. The standard InChI is InChI=1S/C30H38F3N5O4S/c1-29(2,3)42-26(39)14-17-40-15-7-16-41-24-12-10-22(11-13-24)36-28-35-20-25(30(31,32)33)27(37-28)34-19-21-8-6-9-23(18-21)38(4)43-5/h6,8-13,18,20H,7,14-17,19H2,1-5H3,(H2,34,35,36,37). The molecule has 0 aliphatic rings. The molecule has 0 aliphatic heterocycles. The first-order chi connectivity index (χ1) is 20.3. The topological polar surface area (TPSA) is 97.8 Å². The average Bonchev–Trinajstić information content (AvgIpc) is 2.94. The van der Waals surface area contributed by atoms with Crippen molar-refractivity contribution in [3.63, 3.8) is 0 Å². The quantitative estimate of drug-likeness (QED) is 0.104. The van der Waals surface area contributed by atoms with E-state index in [-0.39, 0.29) is 37.3 Å². The second-order valence-electron chi connectivity index (χ2n) is 10.5. The van der Waals surface area contributed by atoms with Crippen molar-refractivity contribution < 1.29 is 32.2 Å². The number of halogens is 3. The van der Waals surface area contributed by atoms with E-state index in [0.29, 0.717) is 31.1 Å². The summed E-state index contributed by atoms with van der Waals surface area (Å²) in [6, 6.07) is 14.4. The van der Waals surface area contributed by atoms with E-state index in [1.54, 1.807) is 24.3 Å². The lowest BCUT2D eigenvalue weighted by Gasteiger charge is -2.19. The highest BCUT2D eigenvalue weighted by molar-refractivity contribution is 7.99. The molecule has 0 saturated heterocycles. The van der Waals surface area contributed by atoms with Crippen molar-refractivity contribution in [3.05, 3.63) is 65.9 Å². The zero-order chi connectivity index (χ0) is 31.5. The van der Waals surface area contributed by atoms with Crippen LogP contribution in [0.2, 0.25) is 0 Å². The molecular formula is C30H38F3N5O4S. The molecule has 234 valence electrons. The number of hydrogen-bond donors (Lipinski definition) is 2. The summed E-state index contributed by atoms with van der Waals surface area (Å²) in [6.07, 6.45) is -1.10. The molecule has 1 aromatic heterocycles. The molecule has 0 fully saturated rings. The maximum atomic E-state index is 13.7. The smallest absolute Gasteiger partial charge is 0.421 e. The van der Waals surface area contributed by atoms with Gasteiger partial charge in [0.05, 0.1) is 19.6 Å². The van der Waals surface area contributed by atoms with Crippen LogP contribution in [0.3, 0.4) is 0 Å². The van der Waals surface area contributed by atoms with Gasteiger partial charge in [0.25, 0.3) is 0 Å². The van der Waals surface area contributed by atoms with Gasteiger partial charge >= 0.3 is 12.1 Å². The van der Waals surface area contributed by atoms with Crippen LogP contribution in [-0.4, -0.2) is 54.7 Å². The predicted molar refractivity (Wildman–Crippen MR) is 164 cm³/mol. The molecule has 0 bridgehead atoms. The van der Waals surface area contributed by atoms with Crippen LogP contribution in [0.1, 0.15) is 44.7 Å². The van der Waals surface area contributed by atoms with E-state index >= 15 is 0 Å². The number of nitrogens with one attached hydrogen (secondary N) is 2. The molecule has 1 heterocycles. The van der Waals surface area contributed by atoms with E-state index in [1.165, 1.54) is 11.9 Å². The molecule has 0 radical (unpaired) electrons. The minimum atomic E-state index is -4.62. The normalized spacial score (nSPS) is 11.6. The lowest BCUT2D eigenvalue weighted by molar-refractivity contribution is -0.156. The molecule has 2 aromatic carbocycles. The van der Waals surface area contributed by atoms with Crippen LogP contribution in [-0.2, 0) is 27.0 Å². The maximum Gasteiger partial charge on any atom is 0.421 e. The predicted octanol–water partition coefficient (Wildman–Crippen LogP) is 7.08. The highest BCUT2D eigenvalue weighted by atomic mass is 32.2. The largest absolute Gasteiger partial charge is 0.494 e. The first-order valence-electron chi connectivity index (χ1n) is 13.7. The van der Waals surface area contributed by atoms with Crippen LogP contribution < -0.4 is 19.7 Å². The molecule has 3 rings (SSSR count). The summed E-state index contributed by atoms with van der Waals surface area (Å²) in [4.78, 5) is 19.7. The van der Waals surface area contributed by atoms with Crippen molar-refractivity contribution in [1.29, 1.82) is 0 Å². The van der Waals surface area contributed by atoms with Crippen molar-refractivity contribution in [2.75, 3.05) is 48.1 Å². The number of nitrogens with zero attached hydrogens (tertiary/aromatic N) is 3. The lowest BCUT2D eigenvalue weighted by Crippen LogP contribution is -2.24. The van der Waals surface area contributed by atoms with Gasteiger partial charge in [-0.15, -0.1) is 0 Å². The van der Waals surface area contributed by atoms with Crippen LogP contribution in [0.25, 0.3) is 0 Å². The van der Waals surface area contributed by atoms with Gasteiger partial charge in [0, 0.05) is 50.4 Å². The van der Waals surface area contributed by atoms with E-state index in [9.17, 15) is 18.0 Å². The van der Waals surface area contributed by atoms with Gasteiger partial charge < -0.3 is 29.1 Å². The zero-order valence-corrected chi connectivity index (χ0v) is 25.8. The molecule has 9 nitrogen and oxygen atoms in total. The fraction of sp³-hybridized carbons (Fsp3) is 0.433. The Morgan fingerprint density at radius 1 is 1.05 bits per heavy atom. The number of anilines is 4. The van der Waals surface area contributed by atoms with Crippen molar-refractivity contribution in [2.24, 2.45) is 0 Å². The molecule has 0 spiro atoms. The fourth-order valence-corrected chi connectivity index (χ4v) is 4.03. The summed E-state index contributed by atoms with van der Waals surface area (Å²) < 4.78 is 59.4. The summed E-state index contributed by atoms with van der Waals surface area (Å²) >= 11 is 1.53. The summed E-state index contributed by atoms with van der Waals surface area (Å²) in [5.74, 6) is 0.0158. The minimum Gasteiger partial charge on any atom is -0.494 e. The molecule has 0 atom stereocenters. The van der Waals surface area contributed by atoms with Gasteiger partial charge in [-0.05, 0) is 62.7 Å². The Balaban J connectivity index is 1.51. The Morgan fingerprint density at radius 2 is 1.79 bits per heavy atom. The van der Waals surface area contributed by atoms with Crippen LogP contribution in [0.5, 0.6) is 5.75 Å². The summed E-state index contributed by atoms with van der Waals surface area (Å²) in [5, 5.41) is 5.76. The van der Waals surface area contributed by atoms with E-state index in [2.05, 4.69) is 20.6 Å². The molecule has 43 heavy (non-hydrogen) atoms. The Kier molecular flexibility index (Phi) is 12.3. The number of aromatic nitrogens is 2. The molecule has 0 aliphatic carbocycles. The van der Waals surface area contributed by atoms with Crippen molar-refractivity contribution in [2.45, 2.75) is 51.9 Å². The highest BCUT2D eigenvalue weighted by Crippen LogP contribution is 2.34. The number of carbonyl (C=O) groups excluding carboxylic acids is 1. The number of carbonyl (C=O) groups is 1. The van der Waals surface area contributed by atoms with Crippen LogP contribution >= 0.6 is 11.9 Å². The van der Waals surface area contributed by atoms with Crippen molar-refractivity contribution >= 4 is 41.1 Å². The summed E-state index contributed by atoms with van der Waals surface area (Å²) in [5.41, 5.74) is 0.857. The first kappa shape index (κ1) is 33.8. The zero-order valence-electron chi connectivity index (χ0n) is 25.0. The van der Waals surface area contributed by atoms with Crippen molar-refractivity contribution in [1.82, 2.24) is 9.97 Å². The van der Waals surface area contributed by atoms with E-state index in [0.717, 1.165) is 17.4 Å². The number of rotatable bonds is 15. The number of ether oxygens (including phenoxy) is 3. The average molecular weight is 622 g/mol. The number of alkyl halides is 3. The Morgan fingerprint density at radius 3 is 2.47 bits per heavy atom. The first-order valence-corrected chi connectivity index (χ1v) is 14.9. The minimum absolute atomic E-state index is 0.0172. The second kappa shape index (κ2) is 15.7. The van der Waals surface area contributed by atoms with Crippen LogP contribution in [0.15, 0.2) is 54.7 Å². The van der Waals surface area contributed by atoms with Gasteiger partial charge in [0.1, 0.15) is 22.7 Å². The third-order valence-electron chi connectivity index (χ3n) is 5.78. The summed E-state index contributed by atoms with van der Waals surface area (Å²) in [6.45, 7) is 6.72. The van der Waals surface area contributed by atoms with Gasteiger partial charge in [0.2, 0.25) is 5.95 Å². The van der Waals surface area contributed by atoms with Gasteiger partial charge in [-0.3, -0.25) is 4.79 Å². The SMILES string of the molecule is CSN(C)c1cccc(CNc2nc(Nc3ccc(OCCCOCCC(=O)OC(C)(C)C)cc3)ncc2C(F)(F)F)c1. The molecule has 3 aromatic rings. The van der Waals surface area contributed by atoms with Crippen molar-refractivity contribution in [3.8, 4) is 5.75 Å². The Bertz CT molecular complexity index is 1320. The number of esters is 1. The van der Waals surface area contributed by atoms with Crippen LogP contribution in [0, 0.1) is 0 Å². The molecule has 0 unspecified atom stereocenters. The van der Waals surface area contributed by atoms with E-state index < -0.39 is 17.3 Å². The third-order valence-corrected chi connectivity index (χ3v) is 6.54. The van der Waals surface area contributed by atoms with E-state index in [1.807, 2.05) is 62.6 Å². The fourth-order valence-electron chi connectivity index (χ4n) is 3.70.